The lowest BCUT2D eigenvalue weighted by Gasteiger charge is -2.10. The van der Waals surface area contributed by atoms with Gasteiger partial charge in [-0.3, -0.25) is 5.73 Å². The molecule has 2 aromatic carbocycles. The van der Waals surface area contributed by atoms with Crippen LogP contribution in [0, 0.1) is 0 Å². The van der Waals surface area contributed by atoms with Crippen molar-refractivity contribution in [3.63, 3.8) is 0 Å². The molecule has 0 saturated carbocycles. The summed E-state index contributed by atoms with van der Waals surface area (Å²) in [4.78, 5) is 14.0. The van der Waals surface area contributed by atoms with Crippen LogP contribution >= 0.6 is 0 Å². The van der Waals surface area contributed by atoms with Crippen molar-refractivity contribution in [3.8, 4) is 0 Å². The maximum absolute atomic E-state index is 12.0. The number of ether oxygens (including phenoxy) is 1. The summed E-state index contributed by atoms with van der Waals surface area (Å²) in [5.74, 6) is 0.442. The van der Waals surface area contributed by atoms with Crippen molar-refractivity contribution in [2.75, 3.05) is 27.2 Å². The molecule has 1 heterocycles. The highest BCUT2D eigenvalue weighted by atomic mass is 16.5. The van der Waals surface area contributed by atoms with Crippen LogP contribution in [0.2, 0.25) is 0 Å². The summed E-state index contributed by atoms with van der Waals surface area (Å²) in [6.07, 6.45) is 0. The molecule has 0 fully saturated rings. The number of likely N-dealkylation sites (N-methyl/N-ethyl adjacent to an activating group) is 1. The van der Waals surface area contributed by atoms with Gasteiger partial charge in [0.15, 0.2) is 0 Å². The number of carbonyl (C=O) groups is 1. The number of rotatable bonds is 5. The van der Waals surface area contributed by atoms with Crippen LogP contribution in [0.3, 0.4) is 0 Å². The van der Waals surface area contributed by atoms with Gasteiger partial charge in [0.2, 0.25) is 0 Å². The van der Waals surface area contributed by atoms with Gasteiger partial charge in [0, 0.05) is 12.1 Å². The van der Waals surface area contributed by atoms with E-state index >= 15 is 0 Å². The fourth-order valence-electron chi connectivity index (χ4n) is 2.72. The van der Waals surface area contributed by atoms with Gasteiger partial charge in [-0.2, -0.15) is 0 Å². The molecule has 0 saturated heterocycles. The van der Waals surface area contributed by atoms with Crippen molar-refractivity contribution >= 4 is 17.5 Å². The van der Waals surface area contributed by atoms with Gasteiger partial charge in [-0.1, -0.05) is 18.2 Å². The van der Waals surface area contributed by atoms with Gasteiger partial charge in [0.05, 0.1) is 11.1 Å². The Morgan fingerprint density at radius 3 is 2.54 bits per heavy atom. The first-order valence-corrected chi connectivity index (χ1v) is 7.96. The number of hydrogen-bond acceptors (Lipinski definition) is 4. The molecular formula is C19H22N3O2+. The van der Waals surface area contributed by atoms with E-state index in [4.69, 9.17) is 10.5 Å². The lowest BCUT2D eigenvalue weighted by molar-refractivity contribution is -0.453. The summed E-state index contributed by atoms with van der Waals surface area (Å²) in [5.41, 5.74) is 10.1. The van der Waals surface area contributed by atoms with E-state index in [1.54, 1.807) is 12.1 Å². The maximum Gasteiger partial charge on any atom is 0.338 e. The van der Waals surface area contributed by atoms with Gasteiger partial charge >= 0.3 is 5.97 Å². The summed E-state index contributed by atoms with van der Waals surface area (Å²) in [6.45, 7) is 1.84. The number of carbonyl (C=O) groups excluding carboxylic acids is 1. The van der Waals surface area contributed by atoms with Crippen LogP contribution in [0.15, 0.2) is 48.5 Å². The van der Waals surface area contributed by atoms with Gasteiger partial charge in [-0.15, -0.1) is 0 Å². The average molecular weight is 324 g/mol. The van der Waals surface area contributed by atoms with Crippen LogP contribution in [-0.2, 0) is 11.3 Å². The summed E-state index contributed by atoms with van der Waals surface area (Å²) >= 11 is 0. The molecule has 0 radical (unpaired) electrons. The van der Waals surface area contributed by atoms with E-state index in [1.807, 2.05) is 53.9 Å². The van der Waals surface area contributed by atoms with Crippen molar-refractivity contribution in [2.24, 2.45) is 5.73 Å². The number of nitrogens with zero attached hydrogens (tertiary/aromatic N) is 2. The normalized spacial score (nSPS) is 13.3. The number of esters is 1. The Balaban J connectivity index is 1.72. The molecule has 0 unspecified atom stereocenters. The minimum absolute atomic E-state index is 0.301. The highest BCUT2D eigenvalue weighted by molar-refractivity contribution is 5.97. The standard InChI is InChI=1S/C19H21N3O2/c1-21(2)11-12-24-19(23)14-7-9-16(10-8-14)22-13-15-5-3-4-6-17(15)18(22)20/h3-10,20H,11-13H2,1-2H3/p+1. The lowest BCUT2D eigenvalue weighted by Crippen LogP contribution is -2.20. The zero-order valence-corrected chi connectivity index (χ0v) is 14.0. The average Bonchev–Trinajstić information content (AvgIpc) is 2.92. The molecule has 0 bridgehead atoms. The molecule has 2 N–H and O–H groups in total. The van der Waals surface area contributed by atoms with Crippen LogP contribution in [0.1, 0.15) is 21.5 Å². The van der Waals surface area contributed by atoms with Gasteiger partial charge < -0.3 is 9.64 Å². The quantitative estimate of drug-likeness (QED) is 0.675. The van der Waals surface area contributed by atoms with Gasteiger partial charge in [-0.05, 0) is 44.4 Å². The molecule has 0 aromatic heterocycles. The summed E-state index contributed by atoms with van der Waals surface area (Å²) in [6, 6.07) is 15.5. The third-order valence-electron chi connectivity index (χ3n) is 4.10. The third kappa shape index (κ3) is 3.31. The topological polar surface area (TPSA) is 58.6 Å². The fraction of sp³-hybridized carbons (Fsp3) is 0.263. The Morgan fingerprint density at radius 1 is 1.17 bits per heavy atom. The van der Waals surface area contributed by atoms with Crippen LogP contribution < -0.4 is 5.73 Å². The summed E-state index contributed by atoms with van der Waals surface area (Å²) in [5, 5.41) is 0. The Bertz CT molecular complexity index is 779. The molecule has 1 aliphatic rings. The lowest BCUT2D eigenvalue weighted by atomic mass is 10.1. The highest BCUT2D eigenvalue weighted by Crippen LogP contribution is 2.24. The van der Waals surface area contributed by atoms with E-state index in [0.29, 0.717) is 18.7 Å². The van der Waals surface area contributed by atoms with E-state index in [0.717, 1.165) is 23.6 Å². The molecule has 24 heavy (non-hydrogen) atoms. The zero-order valence-electron chi connectivity index (χ0n) is 14.0. The monoisotopic (exact) mass is 324 g/mol. The Labute approximate surface area is 142 Å². The molecule has 124 valence electrons. The largest absolute Gasteiger partial charge is 0.461 e. The van der Waals surface area contributed by atoms with E-state index in [2.05, 4.69) is 6.07 Å². The van der Waals surface area contributed by atoms with E-state index in [9.17, 15) is 4.79 Å². The number of benzene rings is 2. The molecule has 0 atom stereocenters. The van der Waals surface area contributed by atoms with E-state index in [1.165, 1.54) is 5.56 Å². The van der Waals surface area contributed by atoms with Crippen molar-refractivity contribution in [3.05, 3.63) is 65.2 Å². The molecule has 0 spiro atoms. The number of amidine groups is 1. The fourth-order valence-corrected chi connectivity index (χ4v) is 2.72. The van der Waals surface area contributed by atoms with E-state index < -0.39 is 0 Å². The zero-order chi connectivity index (χ0) is 17.1. The Hall–Kier alpha value is -2.66. The van der Waals surface area contributed by atoms with Crippen molar-refractivity contribution in [1.82, 2.24) is 4.90 Å². The van der Waals surface area contributed by atoms with Crippen LogP contribution in [0.4, 0.5) is 5.69 Å². The molecule has 0 amide bonds. The molecule has 2 aromatic rings. The number of nitrogens with two attached hydrogens (primary N) is 1. The second kappa shape index (κ2) is 6.84. The number of fused-ring (bicyclic) bond motifs is 1. The summed E-state index contributed by atoms with van der Waals surface area (Å²) in [7, 11) is 3.88. The molecule has 0 aliphatic carbocycles. The molecule has 5 heteroatoms. The van der Waals surface area contributed by atoms with Crippen LogP contribution in [0.25, 0.3) is 0 Å². The maximum atomic E-state index is 12.0. The van der Waals surface area contributed by atoms with Crippen molar-refractivity contribution < 1.29 is 14.1 Å². The predicted molar refractivity (Wildman–Crippen MR) is 93.6 cm³/mol. The molecule has 3 rings (SSSR count). The molecule has 5 nitrogen and oxygen atoms in total. The van der Waals surface area contributed by atoms with Crippen molar-refractivity contribution in [2.45, 2.75) is 6.54 Å². The second-order valence-electron chi connectivity index (χ2n) is 6.11. The first-order chi connectivity index (χ1) is 11.6. The second-order valence-corrected chi connectivity index (χ2v) is 6.11. The number of hydrogen-bond donors (Lipinski definition) is 1. The highest BCUT2D eigenvalue weighted by Gasteiger charge is 2.25. The van der Waals surface area contributed by atoms with E-state index in [-0.39, 0.29) is 5.97 Å². The molecule has 1 aliphatic heterocycles. The van der Waals surface area contributed by atoms with Gasteiger partial charge in [-0.25, -0.2) is 9.37 Å². The van der Waals surface area contributed by atoms with Gasteiger partial charge in [0.1, 0.15) is 18.8 Å². The third-order valence-corrected chi connectivity index (χ3v) is 4.10. The minimum Gasteiger partial charge on any atom is -0.461 e. The Kier molecular flexibility index (Phi) is 4.62. The minimum atomic E-state index is -0.301. The predicted octanol–water partition coefficient (Wildman–Crippen LogP) is 1.97. The molecular weight excluding hydrogens is 302 g/mol. The van der Waals surface area contributed by atoms with Crippen LogP contribution in [-0.4, -0.2) is 48.5 Å². The van der Waals surface area contributed by atoms with Crippen LogP contribution in [0.5, 0.6) is 0 Å². The van der Waals surface area contributed by atoms with Gasteiger partial charge in [0.25, 0.3) is 5.84 Å². The first kappa shape index (κ1) is 16.2. The first-order valence-electron chi connectivity index (χ1n) is 7.96. The SMILES string of the molecule is CN(C)CCOC(=O)c1ccc([N+]2=C(N)c3ccccc3C2)cc1. The summed E-state index contributed by atoms with van der Waals surface area (Å²) < 4.78 is 7.30. The van der Waals surface area contributed by atoms with Crippen molar-refractivity contribution in [1.29, 1.82) is 0 Å². The smallest absolute Gasteiger partial charge is 0.338 e. The Morgan fingerprint density at radius 2 is 1.88 bits per heavy atom.